The highest BCUT2D eigenvalue weighted by atomic mass is 28.3. The standard InChI is InChI=1S/C22H36N4O4Si/c1-24(11-12-27)21(28)17-5-7-18(8-6-17)26-10-9-20-19(22(26)29)15-25(23-20)16-30-13-14-31(2,3)4/h9-10,15,17-18,27H,5-8,11-14,16H2,1-4H3. The molecule has 0 bridgehead atoms. The van der Waals surface area contributed by atoms with Crippen LogP contribution >= 0.6 is 0 Å². The summed E-state index contributed by atoms with van der Waals surface area (Å²) < 4.78 is 9.26. The summed E-state index contributed by atoms with van der Waals surface area (Å²) in [4.78, 5) is 27.1. The number of pyridine rings is 1. The molecule has 0 aliphatic heterocycles. The van der Waals surface area contributed by atoms with Crippen molar-refractivity contribution in [1.82, 2.24) is 19.2 Å². The molecule has 1 amide bonds. The molecule has 31 heavy (non-hydrogen) atoms. The molecule has 3 rings (SSSR count). The maximum absolute atomic E-state index is 13.1. The Kier molecular flexibility index (Phi) is 7.71. The van der Waals surface area contributed by atoms with Gasteiger partial charge in [0, 0.05) is 52.6 Å². The molecular formula is C22H36N4O4Si. The van der Waals surface area contributed by atoms with Gasteiger partial charge < -0.3 is 19.3 Å². The van der Waals surface area contributed by atoms with Gasteiger partial charge in [-0.15, -0.1) is 0 Å². The van der Waals surface area contributed by atoms with E-state index in [1.807, 2.05) is 12.3 Å². The molecule has 0 aromatic carbocycles. The molecule has 0 unspecified atom stereocenters. The van der Waals surface area contributed by atoms with Crippen LogP contribution in [-0.2, 0) is 16.3 Å². The summed E-state index contributed by atoms with van der Waals surface area (Å²) in [6, 6.07) is 3.09. The largest absolute Gasteiger partial charge is 0.395 e. The first-order valence-electron chi connectivity index (χ1n) is 11.2. The average Bonchev–Trinajstić information content (AvgIpc) is 3.15. The number of ether oxygens (including phenoxy) is 1. The molecule has 172 valence electrons. The molecule has 0 spiro atoms. The molecule has 2 aromatic heterocycles. The van der Waals surface area contributed by atoms with E-state index in [0.29, 0.717) is 30.8 Å². The minimum absolute atomic E-state index is 0.0238. The monoisotopic (exact) mass is 448 g/mol. The van der Waals surface area contributed by atoms with E-state index in [1.54, 1.807) is 27.4 Å². The van der Waals surface area contributed by atoms with Crippen molar-refractivity contribution < 1.29 is 14.6 Å². The summed E-state index contributed by atoms with van der Waals surface area (Å²) >= 11 is 0. The van der Waals surface area contributed by atoms with E-state index < -0.39 is 8.07 Å². The second kappa shape index (κ2) is 10.1. The Morgan fingerprint density at radius 3 is 2.65 bits per heavy atom. The van der Waals surface area contributed by atoms with Crippen LogP contribution in [0.3, 0.4) is 0 Å². The molecule has 9 heteroatoms. The number of fused-ring (bicyclic) bond motifs is 1. The van der Waals surface area contributed by atoms with Crippen molar-refractivity contribution in [2.75, 3.05) is 26.8 Å². The van der Waals surface area contributed by atoms with Crippen LogP contribution in [0.2, 0.25) is 25.7 Å². The minimum atomic E-state index is -1.13. The van der Waals surface area contributed by atoms with Gasteiger partial charge in [0.2, 0.25) is 5.91 Å². The number of aliphatic hydroxyl groups excluding tert-OH is 1. The van der Waals surface area contributed by atoms with Crippen molar-refractivity contribution >= 4 is 24.9 Å². The van der Waals surface area contributed by atoms with E-state index in [-0.39, 0.29) is 30.0 Å². The molecule has 2 heterocycles. The van der Waals surface area contributed by atoms with Crippen molar-refractivity contribution in [1.29, 1.82) is 0 Å². The SMILES string of the molecule is CN(CCO)C(=O)C1CCC(n2ccc3nn(COCC[Si](C)(C)C)cc3c2=O)CC1. The number of hydrogen-bond acceptors (Lipinski definition) is 5. The second-order valence-electron chi connectivity index (χ2n) is 9.83. The van der Waals surface area contributed by atoms with Gasteiger partial charge >= 0.3 is 0 Å². The van der Waals surface area contributed by atoms with E-state index in [0.717, 1.165) is 31.7 Å². The lowest BCUT2D eigenvalue weighted by atomic mass is 9.85. The first kappa shape index (κ1) is 23.7. The number of carbonyl (C=O) groups is 1. The highest BCUT2D eigenvalue weighted by Crippen LogP contribution is 2.32. The fraction of sp³-hybridized carbons (Fsp3) is 0.682. The second-order valence-corrected chi connectivity index (χ2v) is 15.5. The minimum Gasteiger partial charge on any atom is -0.395 e. The Labute approximate surface area is 184 Å². The fourth-order valence-electron chi connectivity index (χ4n) is 4.14. The summed E-state index contributed by atoms with van der Waals surface area (Å²) in [6.07, 6.45) is 6.72. The molecule has 1 fully saturated rings. The summed E-state index contributed by atoms with van der Waals surface area (Å²) in [6.45, 7) is 8.36. The van der Waals surface area contributed by atoms with Gasteiger partial charge in [-0.05, 0) is 37.8 Å². The van der Waals surface area contributed by atoms with Crippen molar-refractivity contribution in [2.24, 2.45) is 5.92 Å². The Hall–Kier alpha value is -1.97. The zero-order valence-electron chi connectivity index (χ0n) is 19.2. The quantitative estimate of drug-likeness (QED) is 0.471. The summed E-state index contributed by atoms with van der Waals surface area (Å²) in [7, 11) is 0.603. The van der Waals surface area contributed by atoms with E-state index in [1.165, 1.54) is 0 Å². The first-order chi connectivity index (χ1) is 14.7. The van der Waals surface area contributed by atoms with E-state index in [9.17, 15) is 9.59 Å². The Balaban J connectivity index is 1.63. The molecule has 2 aromatic rings. The summed E-state index contributed by atoms with van der Waals surface area (Å²) in [5, 5.41) is 14.1. The van der Waals surface area contributed by atoms with Crippen molar-refractivity contribution in [2.45, 2.75) is 64.1 Å². The molecule has 1 N–H and O–H groups in total. The fourth-order valence-corrected chi connectivity index (χ4v) is 4.90. The van der Waals surface area contributed by atoms with Crippen LogP contribution in [0.5, 0.6) is 0 Å². The van der Waals surface area contributed by atoms with Crippen molar-refractivity contribution in [3.8, 4) is 0 Å². The van der Waals surface area contributed by atoms with Crippen LogP contribution in [0.15, 0.2) is 23.3 Å². The Bertz CT molecular complexity index is 941. The number of carbonyl (C=O) groups excluding carboxylic acids is 1. The molecule has 1 saturated carbocycles. The van der Waals surface area contributed by atoms with Crippen LogP contribution < -0.4 is 5.56 Å². The van der Waals surface area contributed by atoms with E-state index in [2.05, 4.69) is 24.7 Å². The lowest BCUT2D eigenvalue weighted by Crippen LogP contribution is -2.37. The third kappa shape index (κ3) is 6.05. The summed E-state index contributed by atoms with van der Waals surface area (Å²) in [5.41, 5.74) is 0.655. The van der Waals surface area contributed by atoms with Gasteiger partial charge in [0.05, 0.1) is 17.5 Å². The van der Waals surface area contributed by atoms with Gasteiger partial charge in [0.25, 0.3) is 5.56 Å². The zero-order chi connectivity index (χ0) is 22.6. The van der Waals surface area contributed by atoms with Gasteiger partial charge in [-0.2, -0.15) is 5.10 Å². The zero-order valence-corrected chi connectivity index (χ0v) is 20.2. The number of rotatable bonds is 9. The number of nitrogens with zero attached hydrogens (tertiary/aromatic N) is 4. The molecule has 1 aliphatic carbocycles. The first-order valence-corrected chi connectivity index (χ1v) is 14.9. The lowest BCUT2D eigenvalue weighted by molar-refractivity contribution is -0.135. The maximum atomic E-state index is 13.1. The van der Waals surface area contributed by atoms with Crippen LogP contribution in [0.25, 0.3) is 10.9 Å². The average molecular weight is 449 g/mol. The predicted molar refractivity (Wildman–Crippen MR) is 124 cm³/mol. The van der Waals surface area contributed by atoms with Crippen LogP contribution in [0, 0.1) is 5.92 Å². The van der Waals surface area contributed by atoms with Crippen LogP contribution in [0.1, 0.15) is 31.7 Å². The Morgan fingerprint density at radius 2 is 2.00 bits per heavy atom. The number of hydrogen-bond donors (Lipinski definition) is 1. The number of aliphatic hydroxyl groups is 1. The smallest absolute Gasteiger partial charge is 0.261 e. The van der Waals surface area contributed by atoms with Crippen molar-refractivity contribution in [3.63, 3.8) is 0 Å². The van der Waals surface area contributed by atoms with Gasteiger partial charge in [-0.25, -0.2) is 4.68 Å². The third-order valence-corrected chi connectivity index (χ3v) is 7.82. The summed E-state index contributed by atoms with van der Waals surface area (Å²) in [5.74, 6) is 0.0639. The number of amides is 1. The Morgan fingerprint density at radius 1 is 1.29 bits per heavy atom. The normalized spacial score (nSPS) is 19.6. The molecular weight excluding hydrogens is 412 g/mol. The number of aromatic nitrogens is 3. The highest BCUT2D eigenvalue weighted by molar-refractivity contribution is 6.76. The van der Waals surface area contributed by atoms with E-state index >= 15 is 0 Å². The van der Waals surface area contributed by atoms with Gasteiger partial charge in [-0.1, -0.05) is 19.6 Å². The highest BCUT2D eigenvalue weighted by Gasteiger charge is 2.29. The number of likely N-dealkylation sites (N-methyl/N-ethyl adjacent to an activating group) is 1. The maximum Gasteiger partial charge on any atom is 0.261 e. The van der Waals surface area contributed by atoms with Gasteiger partial charge in [-0.3, -0.25) is 9.59 Å². The third-order valence-electron chi connectivity index (χ3n) is 6.12. The molecule has 1 aliphatic rings. The van der Waals surface area contributed by atoms with Crippen LogP contribution in [-0.4, -0.2) is 65.1 Å². The molecule has 0 radical (unpaired) electrons. The van der Waals surface area contributed by atoms with Crippen molar-refractivity contribution in [3.05, 3.63) is 28.8 Å². The van der Waals surface area contributed by atoms with Crippen LogP contribution in [0.4, 0.5) is 0 Å². The van der Waals surface area contributed by atoms with Gasteiger partial charge in [0.15, 0.2) is 0 Å². The predicted octanol–water partition coefficient (Wildman–Crippen LogP) is 2.69. The lowest BCUT2D eigenvalue weighted by Gasteiger charge is -2.31. The topological polar surface area (TPSA) is 89.6 Å². The molecule has 8 nitrogen and oxygen atoms in total. The van der Waals surface area contributed by atoms with Gasteiger partial charge in [0.1, 0.15) is 6.73 Å². The molecule has 0 saturated heterocycles. The van der Waals surface area contributed by atoms with E-state index in [4.69, 9.17) is 9.84 Å². The molecule has 0 atom stereocenters.